The Hall–Kier alpha value is -1.58. The molecule has 0 bridgehead atoms. The lowest BCUT2D eigenvalue weighted by Gasteiger charge is -2.24. The van der Waals surface area contributed by atoms with Crippen molar-refractivity contribution in [2.45, 2.75) is 13.8 Å². The van der Waals surface area contributed by atoms with Gasteiger partial charge in [0.15, 0.2) is 5.13 Å². The maximum atomic E-state index is 13.4. The number of carbonyl (C=O) groups excluding carboxylic acids is 1. The van der Waals surface area contributed by atoms with Gasteiger partial charge in [0.2, 0.25) is 0 Å². The molecule has 0 saturated heterocycles. The van der Waals surface area contributed by atoms with Crippen LogP contribution < -0.4 is 14.4 Å². The van der Waals surface area contributed by atoms with Crippen molar-refractivity contribution in [2.24, 2.45) is 0 Å². The number of amides is 1. The molecule has 0 saturated carbocycles. The number of hydrogen-bond donors (Lipinski definition) is 0. The minimum absolute atomic E-state index is 0.229. The molecule has 162 valence electrons. The number of benzene rings is 1. The van der Waals surface area contributed by atoms with Crippen LogP contribution in [0.15, 0.2) is 18.2 Å². The average molecular weight is 488 g/mol. The normalized spacial score (nSPS) is 11.3. The van der Waals surface area contributed by atoms with Crippen LogP contribution in [0.5, 0.6) is 11.5 Å². The van der Waals surface area contributed by atoms with Gasteiger partial charge in [-0.3, -0.25) is 9.69 Å². The number of ether oxygens (including phenoxy) is 2. The molecule has 1 amide bonds. The van der Waals surface area contributed by atoms with Crippen molar-refractivity contribution >= 4 is 67.1 Å². The monoisotopic (exact) mass is 487 g/mol. The molecule has 0 atom stereocenters. The van der Waals surface area contributed by atoms with E-state index < -0.39 is 0 Å². The number of thiophene rings is 1. The SMILES string of the molecule is CCN(CC)CCN(C(=O)c1cc(Cl)sc1Cl)c1nc2c(OC)ccc(OC)c2s1. The molecule has 2 heterocycles. The fourth-order valence-corrected chi connectivity index (χ4v) is 5.63. The zero-order valence-electron chi connectivity index (χ0n) is 17.2. The molecule has 6 nitrogen and oxygen atoms in total. The number of nitrogens with zero attached hydrogens (tertiary/aromatic N) is 3. The van der Waals surface area contributed by atoms with Gasteiger partial charge in [0, 0.05) is 13.1 Å². The molecular formula is C20H23Cl2N3O3S2. The number of hydrogen-bond acceptors (Lipinski definition) is 7. The zero-order chi connectivity index (χ0) is 21.8. The van der Waals surface area contributed by atoms with E-state index in [1.807, 2.05) is 12.1 Å². The molecule has 0 aliphatic carbocycles. The van der Waals surface area contributed by atoms with Crippen molar-refractivity contribution in [2.75, 3.05) is 45.3 Å². The number of anilines is 1. The number of likely N-dealkylation sites (N-methyl/N-ethyl adjacent to an activating group) is 1. The summed E-state index contributed by atoms with van der Waals surface area (Å²) in [7, 11) is 3.20. The van der Waals surface area contributed by atoms with Crippen LogP contribution in [0.25, 0.3) is 10.2 Å². The molecular weight excluding hydrogens is 465 g/mol. The van der Waals surface area contributed by atoms with Crippen LogP contribution >= 0.6 is 45.9 Å². The van der Waals surface area contributed by atoms with Crippen LogP contribution in [0, 0.1) is 0 Å². The quantitative estimate of drug-likeness (QED) is 0.389. The van der Waals surface area contributed by atoms with Crippen molar-refractivity contribution in [3.8, 4) is 11.5 Å². The van der Waals surface area contributed by atoms with Crippen LogP contribution in [0.3, 0.4) is 0 Å². The number of rotatable bonds is 9. The number of fused-ring (bicyclic) bond motifs is 1. The summed E-state index contributed by atoms with van der Waals surface area (Å²) in [5.41, 5.74) is 1.04. The van der Waals surface area contributed by atoms with E-state index in [4.69, 9.17) is 37.7 Å². The molecule has 0 spiro atoms. The topological polar surface area (TPSA) is 54.9 Å². The highest BCUT2D eigenvalue weighted by Gasteiger charge is 2.26. The van der Waals surface area contributed by atoms with Gasteiger partial charge in [-0.05, 0) is 31.3 Å². The maximum absolute atomic E-state index is 13.4. The summed E-state index contributed by atoms with van der Waals surface area (Å²) in [6, 6.07) is 5.25. The van der Waals surface area contributed by atoms with E-state index in [0.717, 1.165) is 17.8 Å². The second kappa shape index (κ2) is 10.2. The fraction of sp³-hybridized carbons (Fsp3) is 0.400. The highest BCUT2D eigenvalue weighted by molar-refractivity contribution is 7.23. The van der Waals surface area contributed by atoms with Gasteiger partial charge in [-0.25, -0.2) is 4.98 Å². The van der Waals surface area contributed by atoms with Crippen LogP contribution in [0.2, 0.25) is 8.67 Å². The second-order valence-corrected chi connectivity index (χ2v) is 9.63. The van der Waals surface area contributed by atoms with E-state index in [0.29, 0.717) is 49.5 Å². The van der Waals surface area contributed by atoms with E-state index in [-0.39, 0.29) is 5.91 Å². The largest absolute Gasteiger partial charge is 0.495 e. The molecule has 2 aromatic heterocycles. The Balaban J connectivity index is 2.07. The minimum Gasteiger partial charge on any atom is -0.495 e. The first-order valence-corrected chi connectivity index (χ1v) is 11.8. The third-order valence-corrected chi connectivity index (χ3v) is 7.38. The van der Waals surface area contributed by atoms with Gasteiger partial charge in [0.05, 0.1) is 24.1 Å². The van der Waals surface area contributed by atoms with Gasteiger partial charge in [-0.2, -0.15) is 0 Å². The van der Waals surface area contributed by atoms with Crippen molar-refractivity contribution in [3.05, 3.63) is 32.4 Å². The Morgan fingerprint density at radius 2 is 1.73 bits per heavy atom. The van der Waals surface area contributed by atoms with Crippen LogP contribution in [0.1, 0.15) is 24.2 Å². The van der Waals surface area contributed by atoms with Gasteiger partial charge in [-0.1, -0.05) is 48.4 Å². The van der Waals surface area contributed by atoms with Gasteiger partial charge in [0.1, 0.15) is 26.1 Å². The first kappa shape index (κ1) is 23.1. The number of halogens is 2. The molecule has 0 aliphatic heterocycles. The molecule has 3 aromatic rings. The third-order valence-electron chi connectivity index (χ3n) is 4.80. The number of thiazole rings is 1. The standard InChI is InChI=1S/C20H23Cl2N3O3S2/c1-5-24(6-2)9-10-25(19(26)12-11-15(21)29-18(12)22)20-23-16-13(27-3)7-8-14(28-4)17(16)30-20/h7-8,11H,5-6,9-10H2,1-4H3. The molecule has 1 aromatic carbocycles. The highest BCUT2D eigenvalue weighted by atomic mass is 35.5. The summed E-state index contributed by atoms with van der Waals surface area (Å²) >= 11 is 14.9. The highest BCUT2D eigenvalue weighted by Crippen LogP contribution is 2.41. The molecule has 30 heavy (non-hydrogen) atoms. The summed E-state index contributed by atoms with van der Waals surface area (Å²) < 4.78 is 12.6. The smallest absolute Gasteiger partial charge is 0.262 e. The van der Waals surface area contributed by atoms with Crippen molar-refractivity contribution in [3.63, 3.8) is 0 Å². The minimum atomic E-state index is -0.229. The summed E-state index contributed by atoms with van der Waals surface area (Å²) in [6.07, 6.45) is 0. The van der Waals surface area contributed by atoms with Crippen molar-refractivity contribution < 1.29 is 14.3 Å². The summed E-state index contributed by atoms with van der Waals surface area (Å²) in [4.78, 5) is 22.1. The number of carbonyl (C=O) groups is 1. The Bertz CT molecular complexity index is 993. The maximum Gasteiger partial charge on any atom is 0.262 e. The third kappa shape index (κ3) is 4.68. The van der Waals surface area contributed by atoms with Crippen molar-refractivity contribution in [1.82, 2.24) is 9.88 Å². The predicted octanol–water partition coefficient (Wildman–Crippen LogP) is 5.67. The van der Waals surface area contributed by atoms with E-state index in [2.05, 4.69) is 18.7 Å². The summed E-state index contributed by atoms with van der Waals surface area (Å²) in [5.74, 6) is 1.08. The molecule has 0 N–H and O–H groups in total. The van der Waals surface area contributed by atoms with E-state index in [1.54, 1.807) is 25.2 Å². The van der Waals surface area contributed by atoms with Crippen LogP contribution in [-0.2, 0) is 0 Å². The van der Waals surface area contributed by atoms with Crippen molar-refractivity contribution in [1.29, 1.82) is 0 Å². The van der Waals surface area contributed by atoms with Crippen LogP contribution in [0.4, 0.5) is 5.13 Å². The first-order valence-electron chi connectivity index (χ1n) is 9.43. The van der Waals surface area contributed by atoms with Gasteiger partial charge < -0.3 is 14.4 Å². The lowest BCUT2D eigenvalue weighted by Crippen LogP contribution is -2.38. The predicted molar refractivity (Wildman–Crippen MR) is 127 cm³/mol. The molecule has 10 heteroatoms. The Morgan fingerprint density at radius 3 is 2.30 bits per heavy atom. The summed E-state index contributed by atoms with van der Waals surface area (Å²) in [5, 5.41) is 0.559. The molecule has 0 fully saturated rings. The Morgan fingerprint density at radius 1 is 1.07 bits per heavy atom. The Labute approximate surface area is 193 Å². The first-order chi connectivity index (χ1) is 14.4. The molecule has 0 aliphatic rings. The van der Waals surface area contributed by atoms with E-state index in [1.165, 1.54) is 22.7 Å². The van der Waals surface area contributed by atoms with Gasteiger partial charge in [-0.15, -0.1) is 11.3 Å². The Kier molecular flexibility index (Phi) is 7.81. The zero-order valence-corrected chi connectivity index (χ0v) is 20.3. The van der Waals surface area contributed by atoms with E-state index >= 15 is 0 Å². The lowest BCUT2D eigenvalue weighted by molar-refractivity contribution is 0.0984. The fourth-order valence-electron chi connectivity index (χ4n) is 3.09. The van der Waals surface area contributed by atoms with Gasteiger partial charge >= 0.3 is 0 Å². The second-order valence-electron chi connectivity index (χ2n) is 6.37. The van der Waals surface area contributed by atoms with E-state index in [9.17, 15) is 4.79 Å². The summed E-state index contributed by atoms with van der Waals surface area (Å²) in [6.45, 7) is 7.15. The van der Waals surface area contributed by atoms with Crippen LogP contribution in [-0.4, -0.2) is 56.2 Å². The van der Waals surface area contributed by atoms with Gasteiger partial charge in [0.25, 0.3) is 5.91 Å². The molecule has 0 unspecified atom stereocenters. The average Bonchev–Trinajstić information content (AvgIpc) is 3.33. The number of methoxy groups -OCH3 is 2. The molecule has 0 radical (unpaired) electrons. The lowest BCUT2D eigenvalue weighted by atomic mass is 10.3. The number of aromatic nitrogens is 1. The molecule has 3 rings (SSSR count).